The van der Waals surface area contributed by atoms with E-state index in [4.69, 9.17) is 4.18 Å². The molecule has 1 aromatic rings. The van der Waals surface area contributed by atoms with Crippen molar-refractivity contribution in [2.75, 3.05) is 0 Å². The van der Waals surface area contributed by atoms with Gasteiger partial charge < -0.3 is 4.18 Å². The molecule has 0 aliphatic heterocycles. The Morgan fingerprint density at radius 3 is 2.56 bits per heavy atom. The number of rotatable bonds is 5. The van der Waals surface area contributed by atoms with Crippen LogP contribution in [0.5, 0.6) is 0 Å². The molecule has 0 amide bonds. The Bertz CT molecular complexity index is 377. The summed E-state index contributed by atoms with van der Waals surface area (Å²) in [5.41, 5.74) is 0.929. The number of nitro groups is 1. The molecule has 1 rings (SSSR count). The Morgan fingerprint density at radius 2 is 2.06 bits per heavy atom. The third-order valence-electron chi connectivity index (χ3n) is 1.81. The minimum atomic E-state index is -0.450. The molecule has 6 heteroatoms. The molecule has 1 aromatic carbocycles. The molecule has 0 saturated heterocycles. The smallest absolute Gasteiger partial charge is 0.317 e. The largest absolute Gasteiger partial charge is 0.391 e. The average Bonchev–Trinajstić information content (AvgIpc) is 2.29. The lowest BCUT2D eigenvalue weighted by Gasteiger charge is -2.01. The normalized spacial score (nSPS) is 9.81. The van der Waals surface area contributed by atoms with Crippen LogP contribution in [0.4, 0.5) is 5.69 Å². The van der Waals surface area contributed by atoms with Gasteiger partial charge in [0.05, 0.1) is 22.7 Å². The van der Waals surface area contributed by atoms with Crippen molar-refractivity contribution >= 4 is 23.7 Å². The van der Waals surface area contributed by atoms with Crippen LogP contribution in [-0.2, 0) is 14.7 Å². The van der Waals surface area contributed by atoms with E-state index in [9.17, 15) is 14.9 Å². The summed E-state index contributed by atoms with van der Waals surface area (Å²) in [6, 6.07) is 6.14. The highest BCUT2D eigenvalue weighted by atomic mass is 32.2. The maximum absolute atomic E-state index is 10.8. The topological polar surface area (TPSA) is 69.4 Å². The number of nitro benzene ring substituents is 1. The summed E-state index contributed by atoms with van der Waals surface area (Å²) >= 11 is 1.03. The molecule has 0 bridgehead atoms. The van der Waals surface area contributed by atoms with Gasteiger partial charge in [-0.25, -0.2) is 0 Å². The minimum Gasteiger partial charge on any atom is -0.391 e. The zero-order valence-corrected chi connectivity index (χ0v) is 9.53. The van der Waals surface area contributed by atoms with Crippen molar-refractivity contribution in [1.82, 2.24) is 0 Å². The molecule has 86 valence electrons. The summed E-state index contributed by atoms with van der Waals surface area (Å²) in [5.74, 6) is 0.218. The first-order valence-corrected chi connectivity index (χ1v) is 5.60. The second kappa shape index (κ2) is 6.12. The van der Waals surface area contributed by atoms with Crippen molar-refractivity contribution in [3.05, 3.63) is 39.9 Å². The highest BCUT2D eigenvalue weighted by Gasteiger charge is 2.05. The molecule has 0 heterocycles. The second-order valence-corrected chi connectivity index (χ2v) is 3.69. The molecule has 0 aliphatic carbocycles. The number of carbonyl (C=O) groups excluding carboxylic acids is 1. The standard InChI is InChI=1S/C10H11NO4S/c1-2-10(12)15-16-7-8-3-5-9(6-4-8)11(13)14/h3-6H,2,7H2,1H3. The van der Waals surface area contributed by atoms with E-state index in [0.29, 0.717) is 12.2 Å². The van der Waals surface area contributed by atoms with Crippen molar-refractivity contribution in [1.29, 1.82) is 0 Å². The highest BCUT2D eigenvalue weighted by Crippen LogP contribution is 2.17. The lowest BCUT2D eigenvalue weighted by molar-refractivity contribution is -0.384. The van der Waals surface area contributed by atoms with Gasteiger partial charge in [-0.05, 0) is 5.56 Å². The van der Waals surface area contributed by atoms with Gasteiger partial charge in [0.25, 0.3) is 5.69 Å². The molecule has 0 spiro atoms. The molecule has 0 radical (unpaired) electrons. The first-order chi connectivity index (χ1) is 7.63. The molecule has 0 saturated carbocycles. The van der Waals surface area contributed by atoms with Crippen molar-refractivity contribution < 1.29 is 13.9 Å². The molecule has 16 heavy (non-hydrogen) atoms. The van der Waals surface area contributed by atoms with Gasteiger partial charge in [-0.15, -0.1) is 0 Å². The van der Waals surface area contributed by atoms with Crippen LogP contribution in [0.1, 0.15) is 18.9 Å². The highest BCUT2D eigenvalue weighted by molar-refractivity contribution is 7.94. The third kappa shape index (κ3) is 3.90. The number of non-ortho nitro benzene ring substituents is 1. The molecule has 0 unspecified atom stereocenters. The fourth-order valence-corrected chi connectivity index (χ4v) is 1.57. The summed E-state index contributed by atoms with van der Waals surface area (Å²) in [5, 5.41) is 10.4. The quantitative estimate of drug-likeness (QED) is 0.450. The zero-order valence-electron chi connectivity index (χ0n) is 8.71. The van der Waals surface area contributed by atoms with E-state index in [1.54, 1.807) is 19.1 Å². The number of nitrogens with zero attached hydrogens (tertiary/aromatic N) is 1. The van der Waals surface area contributed by atoms with Gasteiger partial charge >= 0.3 is 5.97 Å². The van der Waals surface area contributed by atoms with Crippen molar-refractivity contribution in [2.24, 2.45) is 0 Å². The van der Waals surface area contributed by atoms with E-state index in [2.05, 4.69) is 0 Å². The maximum Gasteiger partial charge on any atom is 0.317 e. The van der Waals surface area contributed by atoms with Crippen molar-refractivity contribution in [3.63, 3.8) is 0 Å². The molecule has 0 N–H and O–H groups in total. The van der Waals surface area contributed by atoms with Crippen LogP contribution >= 0.6 is 12.0 Å². The summed E-state index contributed by atoms with van der Waals surface area (Å²) in [7, 11) is 0. The van der Waals surface area contributed by atoms with Crippen LogP contribution in [-0.4, -0.2) is 10.9 Å². The molecule has 0 aromatic heterocycles. The molecule has 0 atom stereocenters. The predicted molar refractivity (Wildman–Crippen MR) is 60.8 cm³/mol. The van der Waals surface area contributed by atoms with Crippen LogP contribution in [0.15, 0.2) is 24.3 Å². The average molecular weight is 241 g/mol. The van der Waals surface area contributed by atoms with Crippen molar-refractivity contribution in [3.8, 4) is 0 Å². The van der Waals surface area contributed by atoms with E-state index in [1.165, 1.54) is 12.1 Å². The summed E-state index contributed by atoms with van der Waals surface area (Å²) in [6.45, 7) is 1.72. The van der Waals surface area contributed by atoms with Gasteiger partial charge in [0.15, 0.2) is 0 Å². The molecular weight excluding hydrogens is 230 g/mol. The zero-order chi connectivity index (χ0) is 12.0. The van der Waals surface area contributed by atoms with Gasteiger partial charge in [0.2, 0.25) is 0 Å². The van der Waals surface area contributed by atoms with E-state index < -0.39 is 4.92 Å². The molecule has 0 aliphatic rings. The Labute approximate surface area is 97.2 Å². The van der Waals surface area contributed by atoms with Crippen LogP contribution in [0.25, 0.3) is 0 Å². The molecular formula is C10H11NO4S. The maximum atomic E-state index is 10.8. The van der Waals surface area contributed by atoms with E-state index in [-0.39, 0.29) is 11.7 Å². The molecule has 5 nitrogen and oxygen atoms in total. The fourth-order valence-electron chi connectivity index (χ4n) is 0.936. The number of benzene rings is 1. The van der Waals surface area contributed by atoms with Gasteiger partial charge in [0, 0.05) is 18.6 Å². The Balaban J connectivity index is 2.43. The number of carbonyl (C=O) groups is 1. The number of hydrogen-bond acceptors (Lipinski definition) is 5. The monoisotopic (exact) mass is 241 g/mol. The van der Waals surface area contributed by atoms with E-state index in [0.717, 1.165) is 17.6 Å². The lowest BCUT2D eigenvalue weighted by Crippen LogP contribution is -1.95. The SMILES string of the molecule is CCC(=O)OSCc1ccc([N+](=O)[O-])cc1. The predicted octanol–water partition coefficient (Wildman–Crippen LogP) is 2.70. The van der Waals surface area contributed by atoms with Crippen molar-refractivity contribution in [2.45, 2.75) is 19.1 Å². The minimum absolute atomic E-state index is 0.0549. The van der Waals surface area contributed by atoms with Gasteiger partial charge in [-0.2, -0.15) is 0 Å². The van der Waals surface area contributed by atoms with Gasteiger partial charge in [-0.3, -0.25) is 14.9 Å². The summed E-state index contributed by atoms with van der Waals surface area (Å²) in [6.07, 6.45) is 0.341. The fraction of sp³-hybridized carbons (Fsp3) is 0.300. The Kier molecular flexibility index (Phi) is 4.78. The first kappa shape index (κ1) is 12.5. The van der Waals surface area contributed by atoms with Crippen LogP contribution in [0.3, 0.4) is 0 Å². The Morgan fingerprint density at radius 1 is 1.44 bits per heavy atom. The van der Waals surface area contributed by atoms with E-state index >= 15 is 0 Å². The van der Waals surface area contributed by atoms with Crippen LogP contribution in [0, 0.1) is 10.1 Å². The lowest BCUT2D eigenvalue weighted by atomic mass is 10.2. The molecule has 0 fully saturated rings. The first-order valence-electron chi connectivity index (χ1n) is 4.69. The van der Waals surface area contributed by atoms with E-state index in [1.807, 2.05) is 0 Å². The van der Waals surface area contributed by atoms with Gasteiger partial charge in [-0.1, -0.05) is 19.1 Å². The Hall–Kier alpha value is -1.56. The summed E-state index contributed by atoms with van der Waals surface area (Å²) in [4.78, 5) is 20.7. The van der Waals surface area contributed by atoms with Crippen LogP contribution in [0.2, 0.25) is 0 Å². The van der Waals surface area contributed by atoms with Crippen LogP contribution < -0.4 is 0 Å². The number of hydrogen-bond donors (Lipinski definition) is 0. The summed E-state index contributed by atoms with van der Waals surface area (Å²) < 4.78 is 4.82. The second-order valence-electron chi connectivity index (χ2n) is 2.99. The van der Waals surface area contributed by atoms with Gasteiger partial charge in [0.1, 0.15) is 0 Å². The third-order valence-corrected chi connectivity index (χ3v) is 2.57.